The average molecular weight is 497 g/mol. The number of alkyl halides is 7. The maximum absolute atomic E-state index is 13.7. The molecule has 32 heavy (non-hydrogen) atoms. The molecule has 1 heterocycles. The van der Waals surface area contributed by atoms with Crippen LogP contribution in [0, 0.1) is 11.3 Å². The lowest BCUT2D eigenvalue weighted by Crippen LogP contribution is -2.33. The number of nitrogens with zero attached hydrogens (tertiary/aromatic N) is 1. The molecule has 0 aliphatic heterocycles. The van der Waals surface area contributed by atoms with Crippen LogP contribution in [0.1, 0.15) is 11.3 Å². The lowest BCUT2D eigenvalue weighted by molar-refractivity contribution is -0.253. The third-order valence-electron chi connectivity index (χ3n) is 4.25. The highest BCUT2D eigenvalue weighted by Crippen LogP contribution is 2.44. The van der Waals surface area contributed by atoms with E-state index in [1.807, 2.05) is 0 Å². The van der Waals surface area contributed by atoms with Gasteiger partial charge in [-0.3, -0.25) is 0 Å². The molecular weight excluding hydrogens is 488 g/mol. The van der Waals surface area contributed by atoms with Crippen LogP contribution in [0.4, 0.5) is 30.7 Å². The van der Waals surface area contributed by atoms with E-state index >= 15 is 0 Å². The van der Waals surface area contributed by atoms with E-state index in [0.717, 1.165) is 30.3 Å². The predicted molar refractivity (Wildman–Crippen MR) is 103 cm³/mol. The molecule has 1 aromatic heterocycles. The fraction of sp³-hybridized carbons (Fsp3) is 0.150. The van der Waals surface area contributed by atoms with Crippen LogP contribution in [-0.4, -0.2) is 17.5 Å². The van der Waals surface area contributed by atoms with Crippen molar-refractivity contribution in [1.82, 2.24) is 4.98 Å². The van der Waals surface area contributed by atoms with Gasteiger partial charge in [0.2, 0.25) is 0 Å². The van der Waals surface area contributed by atoms with Crippen LogP contribution in [0.2, 0.25) is 10.0 Å². The van der Waals surface area contributed by atoms with E-state index in [0.29, 0.717) is 0 Å². The van der Waals surface area contributed by atoms with Crippen molar-refractivity contribution in [3.63, 3.8) is 0 Å². The summed E-state index contributed by atoms with van der Waals surface area (Å²) in [5.74, 6) is -0.648. The Kier molecular flexibility index (Phi) is 6.36. The third kappa shape index (κ3) is 4.64. The van der Waals surface area contributed by atoms with E-state index in [1.165, 1.54) is 12.1 Å². The number of nitrogens with one attached hydrogen (secondary N) is 1. The monoisotopic (exact) mass is 496 g/mol. The van der Waals surface area contributed by atoms with E-state index in [2.05, 4.69) is 9.72 Å². The Hall–Kier alpha value is -2.90. The minimum absolute atomic E-state index is 0.00827. The van der Waals surface area contributed by atoms with Crippen molar-refractivity contribution < 1.29 is 35.5 Å². The highest BCUT2D eigenvalue weighted by atomic mass is 35.5. The van der Waals surface area contributed by atoms with E-state index in [9.17, 15) is 36.0 Å². The molecule has 3 nitrogen and oxygen atoms in total. The molecule has 0 saturated heterocycles. The molecule has 12 heteroatoms. The number of hydrogen-bond acceptors (Lipinski definition) is 2. The van der Waals surface area contributed by atoms with E-state index in [4.69, 9.17) is 23.2 Å². The summed E-state index contributed by atoms with van der Waals surface area (Å²) >= 11 is 11.7. The summed E-state index contributed by atoms with van der Waals surface area (Å²) < 4.78 is 95.7. The Balaban J connectivity index is 2.13. The number of hydrogen-bond donors (Lipinski definition) is 1. The second-order valence-electron chi connectivity index (χ2n) is 6.35. The largest absolute Gasteiger partial charge is 0.461 e. The number of ether oxygens (including phenoxy) is 1. The molecule has 2 aromatic carbocycles. The Morgan fingerprint density at radius 3 is 2.00 bits per heavy atom. The Labute approximate surface area is 185 Å². The minimum atomic E-state index is -4.90. The Bertz CT molecular complexity index is 1180. The zero-order chi connectivity index (χ0) is 23.8. The SMILES string of the molecule is N#Cc1c(-c2ccc(OC(F)(F)C(F)F)cc2)[nH]c(C(F)(F)F)c1-c1ccc(Cl)c(Cl)c1. The van der Waals surface area contributed by atoms with E-state index < -0.39 is 41.3 Å². The van der Waals surface area contributed by atoms with Gasteiger partial charge in [-0.15, -0.1) is 0 Å². The van der Waals surface area contributed by atoms with Gasteiger partial charge in [-0.05, 0) is 47.5 Å². The van der Waals surface area contributed by atoms with Crippen molar-refractivity contribution in [1.29, 1.82) is 5.26 Å². The van der Waals surface area contributed by atoms with Gasteiger partial charge in [0.05, 0.1) is 21.3 Å². The molecule has 0 unspecified atom stereocenters. The van der Waals surface area contributed by atoms with Gasteiger partial charge in [0.1, 0.15) is 17.5 Å². The second kappa shape index (κ2) is 8.56. The van der Waals surface area contributed by atoms with Gasteiger partial charge in [-0.2, -0.15) is 36.0 Å². The molecule has 0 aliphatic carbocycles. The summed E-state index contributed by atoms with van der Waals surface area (Å²) in [6.07, 6.45) is -13.7. The first-order valence-corrected chi connectivity index (χ1v) is 9.25. The van der Waals surface area contributed by atoms with Gasteiger partial charge in [-0.25, -0.2) is 0 Å². The second-order valence-corrected chi connectivity index (χ2v) is 7.17. The van der Waals surface area contributed by atoms with Gasteiger partial charge < -0.3 is 9.72 Å². The van der Waals surface area contributed by atoms with Crippen molar-refractivity contribution >= 4 is 23.2 Å². The summed E-state index contributed by atoms with van der Waals surface area (Å²) in [5, 5.41) is 9.65. The molecule has 0 bridgehead atoms. The first-order chi connectivity index (χ1) is 14.8. The fourth-order valence-electron chi connectivity index (χ4n) is 2.87. The lowest BCUT2D eigenvalue weighted by Gasteiger charge is -2.16. The zero-order valence-corrected chi connectivity index (χ0v) is 16.9. The molecule has 0 amide bonds. The predicted octanol–water partition coefficient (Wildman–Crippen LogP) is 7.78. The lowest BCUT2D eigenvalue weighted by atomic mass is 9.98. The Morgan fingerprint density at radius 2 is 1.50 bits per heavy atom. The average Bonchev–Trinajstić information content (AvgIpc) is 3.10. The normalized spacial score (nSPS) is 12.2. The first-order valence-electron chi connectivity index (χ1n) is 8.49. The van der Waals surface area contributed by atoms with Gasteiger partial charge in [-0.1, -0.05) is 29.3 Å². The standard InChI is InChI=1S/C20H9Cl2F7N2O/c21-13-6-3-10(7-14(13)22)15-12(8-30)16(31-17(15)19(25,26)27)9-1-4-11(5-2-9)32-20(28,29)18(23)24/h1-7,18,31H. The van der Waals surface area contributed by atoms with Crippen molar-refractivity contribution in [2.24, 2.45) is 0 Å². The number of rotatable bonds is 5. The third-order valence-corrected chi connectivity index (χ3v) is 4.99. The zero-order valence-electron chi connectivity index (χ0n) is 15.4. The summed E-state index contributed by atoms with van der Waals surface area (Å²) in [6.45, 7) is 0. The van der Waals surface area contributed by atoms with E-state index in [1.54, 1.807) is 6.07 Å². The molecule has 0 spiro atoms. The number of halogens is 9. The summed E-state index contributed by atoms with van der Waals surface area (Å²) in [5.41, 5.74) is -2.45. The number of H-pyrrole nitrogens is 1. The highest BCUT2D eigenvalue weighted by Gasteiger charge is 2.44. The molecule has 0 saturated carbocycles. The Morgan fingerprint density at radius 1 is 0.906 bits per heavy atom. The first kappa shape index (κ1) is 23.8. The molecule has 1 N–H and O–H groups in total. The summed E-state index contributed by atoms with van der Waals surface area (Å²) in [6, 6.07) is 9.19. The van der Waals surface area contributed by atoms with Crippen LogP contribution in [0.5, 0.6) is 5.75 Å². The minimum Gasteiger partial charge on any atom is -0.428 e. The maximum atomic E-state index is 13.7. The van der Waals surface area contributed by atoms with Crippen molar-refractivity contribution in [2.75, 3.05) is 0 Å². The van der Waals surface area contributed by atoms with Crippen LogP contribution < -0.4 is 4.74 Å². The van der Waals surface area contributed by atoms with Gasteiger partial charge in [0, 0.05) is 5.56 Å². The molecule has 3 aromatic rings. The van der Waals surface area contributed by atoms with Crippen molar-refractivity contribution in [2.45, 2.75) is 18.7 Å². The number of aromatic nitrogens is 1. The highest BCUT2D eigenvalue weighted by molar-refractivity contribution is 6.42. The molecular formula is C20H9Cl2F7N2O. The molecule has 0 fully saturated rings. The van der Waals surface area contributed by atoms with E-state index in [-0.39, 0.29) is 26.9 Å². The quantitative estimate of drug-likeness (QED) is 0.366. The molecule has 0 atom stereocenters. The molecule has 0 aliphatic rings. The van der Waals surface area contributed by atoms with Crippen LogP contribution in [0.15, 0.2) is 42.5 Å². The smallest absolute Gasteiger partial charge is 0.428 e. The van der Waals surface area contributed by atoms with Crippen LogP contribution in [-0.2, 0) is 6.18 Å². The van der Waals surface area contributed by atoms with Crippen LogP contribution in [0.25, 0.3) is 22.4 Å². The maximum Gasteiger partial charge on any atom is 0.461 e. The number of nitriles is 1. The van der Waals surface area contributed by atoms with Gasteiger partial charge in [0.25, 0.3) is 0 Å². The molecule has 3 rings (SSSR count). The van der Waals surface area contributed by atoms with Crippen LogP contribution in [0.3, 0.4) is 0 Å². The van der Waals surface area contributed by atoms with Gasteiger partial charge in [0.15, 0.2) is 0 Å². The summed E-state index contributed by atoms with van der Waals surface area (Å²) in [4.78, 5) is 2.14. The molecule has 0 radical (unpaired) electrons. The number of aromatic amines is 1. The fourth-order valence-corrected chi connectivity index (χ4v) is 3.17. The summed E-state index contributed by atoms with van der Waals surface area (Å²) in [7, 11) is 0. The number of benzene rings is 2. The topological polar surface area (TPSA) is 48.8 Å². The van der Waals surface area contributed by atoms with Crippen LogP contribution >= 0.6 is 23.2 Å². The van der Waals surface area contributed by atoms with Gasteiger partial charge >= 0.3 is 18.7 Å². The van der Waals surface area contributed by atoms with Crippen molar-refractivity contribution in [3.8, 4) is 34.2 Å². The van der Waals surface area contributed by atoms with Crippen molar-refractivity contribution in [3.05, 3.63) is 63.8 Å². The molecule has 168 valence electrons.